The van der Waals surface area contributed by atoms with E-state index in [0.29, 0.717) is 0 Å². The molecule has 0 amide bonds. The Balaban J connectivity index is 1.60. The number of para-hydroxylation sites is 4. The van der Waals surface area contributed by atoms with Crippen LogP contribution in [0.15, 0.2) is 99.4 Å². The number of oxazole rings is 1. The molecule has 160 valence electrons. The number of nitrogens with zero attached hydrogens (tertiary/aromatic N) is 2. The van der Waals surface area contributed by atoms with Crippen LogP contribution in [0.2, 0.25) is 0 Å². The highest BCUT2D eigenvalue weighted by molar-refractivity contribution is 5.71. The minimum Gasteiger partial charge on any atom is -0.465 e. The van der Waals surface area contributed by atoms with Gasteiger partial charge in [-0.3, -0.25) is 0 Å². The molecule has 1 aliphatic rings. The Kier molecular flexibility index (Phi) is 5.38. The van der Waals surface area contributed by atoms with Crippen LogP contribution in [0, 0.1) is 0 Å². The van der Waals surface area contributed by atoms with Gasteiger partial charge >= 0.3 is 5.89 Å². The Morgan fingerprint density at radius 1 is 1.00 bits per heavy atom. The second-order valence-electron chi connectivity index (χ2n) is 7.44. The number of aromatic nitrogens is 1. The van der Waals surface area contributed by atoms with Crippen molar-refractivity contribution in [2.24, 2.45) is 0 Å². The zero-order chi connectivity index (χ0) is 21.9. The van der Waals surface area contributed by atoms with Crippen molar-refractivity contribution in [3.63, 3.8) is 0 Å². The zero-order valence-corrected chi connectivity index (χ0v) is 18.2. The second-order valence-corrected chi connectivity index (χ2v) is 7.44. The number of furan rings is 1. The molecule has 3 heterocycles. The van der Waals surface area contributed by atoms with Gasteiger partial charge in [0.15, 0.2) is 5.75 Å². The van der Waals surface area contributed by atoms with Crippen molar-refractivity contribution in [1.29, 1.82) is 0 Å². The maximum absolute atomic E-state index is 6.18. The molecule has 5 rings (SSSR count). The van der Waals surface area contributed by atoms with Gasteiger partial charge in [0.25, 0.3) is 5.52 Å². The summed E-state index contributed by atoms with van der Waals surface area (Å²) in [5.74, 6) is 3.21. The lowest BCUT2D eigenvalue weighted by molar-refractivity contribution is -0.674. The van der Waals surface area contributed by atoms with E-state index in [2.05, 4.69) is 35.4 Å². The van der Waals surface area contributed by atoms with E-state index in [4.69, 9.17) is 13.6 Å². The Morgan fingerprint density at radius 3 is 2.66 bits per heavy atom. The predicted octanol–water partition coefficient (Wildman–Crippen LogP) is 6.19. The lowest BCUT2D eigenvalue weighted by atomic mass is 10.2. The van der Waals surface area contributed by atoms with E-state index in [1.54, 1.807) is 6.26 Å². The fourth-order valence-corrected chi connectivity index (χ4v) is 3.96. The van der Waals surface area contributed by atoms with E-state index < -0.39 is 0 Å². The molecule has 0 fully saturated rings. The van der Waals surface area contributed by atoms with Gasteiger partial charge in [-0.05, 0) is 55.8 Å². The van der Waals surface area contributed by atoms with Gasteiger partial charge in [-0.25, -0.2) is 0 Å². The van der Waals surface area contributed by atoms with Crippen LogP contribution in [0.1, 0.15) is 25.5 Å². The van der Waals surface area contributed by atoms with Crippen molar-refractivity contribution in [3.05, 3.63) is 102 Å². The molecule has 0 saturated carbocycles. The third kappa shape index (κ3) is 3.73. The van der Waals surface area contributed by atoms with Gasteiger partial charge in [-0.2, -0.15) is 4.57 Å². The Bertz CT molecular complexity index is 1330. The minimum atomic E-state index is 0.781. The molecule has 0 bridgehead atoms. The number of hydrogen-bond acceptors (Lipinski definition) is 4. The molecule has 2 aromatic heterocycles. The van der Waals surface area contributed by atoms with Crippen LogP contribution in [0.25, 0.3) is 23.3 Å². The summed E-state index contributed by atoms with van der Waals surface area (Å²) in [5.41, 5.74) is 3.94. The molecule has 0 aliphatic carbocycles. The van der Waals surface area contributed by atoms with E-state index in [9.17, 15) is 0 Å². The first-order valence-corrected chi connectivity index (χ1v) is 10.9. The number of fused-ring (bicyclic) bond motifs is 2. The third-order valence-electron chi connectivity index (χ3n) is 5.47. The Labute approximate surface area is 187 Å². The zero-order valence-electron chi connectivity index (χ0n) is 18.2. The number of anilines is 1. The molecular formula is C27H25N2O3+. The molecular weight excluding hydrogens is 400 g/mol. The highest BCUT2D eigenvalue weighted by Gasteiger charge is 2.25. The summed E-state index contributed by atoms with van der Waals surface area (Å²) in [6.07, 6.45) is 9.70. The van der Waals surface area contributed by atoms with Crippen molar-refractivity contribution in [2.75, 3.05) is 11.4 Å². The van der Waals surface area contributed by atoms with E-state index in [0.717, 1.165) is 58.7 Å². The lowest BCUT2D eigenvalue weighted by Crippen LogP contribution is -2.33. The first-order valence-electron chi connectivity index (χ1n) is 10.9. The van der Waals surface area contributed by atoms with Crippen LogP contribution in [-0.2, 0) is 6.54 Å². The number of benzene rings is 2. The number of ether oxygens (including phenoxy) is 1. The normalized spacial score (nSPS) is 15.1. The predicted molar refractivity (Wildman–Crippen MR) is 126 cm³/mol. The van der Waals surface area contributed by atoms with Crippen LogP contribution < -0.4 is 14.2 Å². The monoisotopic (exact) mass is 425 g/mol. The lowest BCUT2D eigenvalue weighted by Gasteiger charge is -2.15. The molecule has 32 heavy (non-hydrogen) atoms. The number of hydrogen-bond donors (Lipinski definition) is 0. The van der Waals surface area contributed by atoms with Gasteiger partial charge in [0.2, 0.25) is 11.5 Å². The minimum absolute atomic E-state index is 0.781. The Morgan fingerprint density at radius 2 is 1.84 bits per heavy atom. The van der Waals surface area contributed by atoms with E-state index in [1.807, 2.05) is 72.8 Å². The maximum Gasteiger partial charge on any atom is 0.374 e. The van der Waals surface area contributed by atoms with Gasteiger partial charge in [-0.1, -0.05) is 30.3 Å². The highest BCUT2D eigenvalue weighted by Crippen LogP contribution is 2.38. The molecule has 0 atom stereocenters. The van der Waals surface area contributed by atoms with Crippen molar-refractivity contribution < 1.29 is 18.1 Å². The molecule has 2 aromatic carbocycles. The summed E-state index contributed by atoms with van der Waals surface area (Å²) in [4.78, 5) is 2.16. The van der Waals surface area contributed by atoms with Crippen LogP contribution in [0.3, 0.4) is 0 Å². The SMILES string of the molecule is CCN1C(=CC(C=Cc2ccco2)=Cc2oc3ccccc3[n+]2CC)Oc2ccccc21. The molecule has 0 unspecified atom stereocenters. The van der Waals surface area contributed by atoms with Gasteiger partial charge in [0.05, 0.1) is 18.0 Å². The van der Waals surface area contributed by atoms with Crippen LogP contribution in [0.4, 0.5) is 5.69 Å². The smallest absolute Gasteiger partial charge is 0.374 e. The third-order valence-corrected chi connectivity index (χ3v) is 5.47. The highest BCUT2D eigenvalue weighted by atomic mass is 16.5. The molecule has 1 aliphatic heterocycles. The number of rotatable bonds is 6. The van der Waals surface area contributed by atoms with Crippen molar-refractivity contribution in [2.45, 2.75) is 20.4 Å². The molecule has 0 saturated heterocycles. The molecule has 4 aromatic rings. The average Bonchev–Trinajstić information content (AvgIpc) is 3.53. The summed E-state index contributed by atoms with van der Waals surface area (Å²) in [7, 11) is 0. The van der Waals surface area contributed by atoms with E-state index >= 15 is 0 Å². The largest absolute Gasteiger partial charge is 0.465 e. The molecule has 0 radical (unpaired) electrons. The summed E-state index contributed by atoms with van der Waals surface area (Å²) in [5, 5.41) is 0. The number of allylic oxidation sites excluding steroid dienone is 3. The van der Waals surface area contributed by atoms with Gasteiger partial charge in [0.1, 0.15) is 12.3 Å². The van der Waals surface area contributed by atoms with Crippen molar-refractivity contribution in [3.8, 4) is 5.75 Å². The first kappa shape index (κ1) is 19.9. The van der Waals surface area contributed by atoms with Crippen LogP contribution in [0.5, 0.6) is 5.75 Å². The first-order chi connectivity index (χ1) is 15.8. The fourth-order valence-electron chi connectivity index (χ4n) is 3.96. The van der Waals surface area contributed by atoms with Crippen LogP contribution >= 0.6 is 0 Å². The average molecular weight is 426 g/mol. The van der Waals surface area contributed by atoms with Crippen molar-refractivity contribution in [1.82, 2.24) is 0 Å². The maximum atomic E-state index is 6.18. The fraction of sp³-hybridized carbons (Fsp3) is 0.148. The molecule has 0 N–H and O–H groups in total. The topological polar surface area (TPSA) is 42.6 Å². The van der Waals surface area contributed by atoms with Crippen LogP contribution in [-0.4, -0.2) is 6.54 Å². The quantitative estimate of drug-likeness (QED) is 0.273. The molecule has 5 nitrogen and oxygen atoms in total. The number of aryl methyl sites for hydroxylation is 1. The summed E-state index contributed by atoms with van der Waals surface area (Å²) < 4.78 is 20.0. The van der Waals surface area contributed by atoms with Gasteiger partial charge in [-0.15, -0.1) is 0 Å². The van der Waals surface area contributed by atoms with E-state index in [-0.39, 0.29) is 0 Å². The summed E-state index contributed by atoms with van der Waals surface area (Å²) >= 11 is 0. The second kappa shape index (κ2) is 8.63. The summed E-state index contributed by atoms with van der Waals surface area (Å²) in [6.45, 7) is 5.84. The molecule has 0 spiro atoms. The standard InChI is InChI=1S/C27H25N2O3/c1-3-28-22-11-5-7-13-24(22)31-26(28)18-20(15-16-21-10-9-17-30-21)19-27-29(4-2)23-12-6-8-14-25(23)32-27/h5-19H,3-4H2,1-2H3/q+1. The van der Waals surface area contributed by atoms with Gasteiger partial charge < -0.3 is 18.5 Å². The Hall–Kier alpha value is -3.99. The van der Waals surface area contributed by atoms with Gasteiger partial charge in [0, 0.05) is 18.7 Å². The van der Waals surface area contributed by atoms with Crippen molar-refractivity contribution >= 4 is 28.9 Å². The molecule has 5 heteroatoms. The van der Waals surface area contributed by atoms with E-state index in [1.165, 1.54) is 0 Å². The summed E-state index contributed by atoms with van der Waals surface area (Å²) in [6, 6.07) is 20.0.